The topological polar surface area (TPSA) is 94.1 Å². The first-order valence-electron chi connectivity index (χ1n) is 13.6. The summed E-state index contributed by atoms with van der Waals surface area (Å²) in [5, 5.41) is 15.0. The largest absolute Gasteiger partial charge is 0.488 e. The summed E-state index contributed by atoms with van der Waals surface area (Å²) in [6.45, 7) is 5.81. The molecule has 2 aromatic carbocycles. The lowest BCUT2D eigenvalue weighted by atomic mass is 10.0. The number of nitrogens with zero attached hydrogens (tertiary/aromatic N) is 2. The molecule has 1 aliphatic carbocycles. The SMILES string of the molecule is C[C@H](CO)N1C[C@H](C)[C@H](CN(C)CC2CC2)Oc2ccc(NC(=O)Nc3ccc(C(F)(F)F)cc3)cc2CC1=O. The number of fused-ring (bicyclic) bond motifs is 1. The predicted molar refractivity (Wildman–Crippen MR) is 146 cm³/mol. The molecule has 1 fully saturated rings. The van der Waals surface area contributed by atoms with Gasteiger partial charge in [0.25, 0.3) is 0 Å². The fraction of sp³-hybridized carbons (Fsp3) is 0.517. The quantitative estimate of drug-likeness (QED) is 0.428. The van der Waals surface area contributed by atoms with Crippen molar-refractivity contribution in [3.8, 4) is 5.75 Å². The van der Waals surface area contributed by atoms with Crippen molar-refractivity contribution in [2.24, 2.45) is 11.8 Å². The van der Waals surface area contributed by atoms with Gasteiger partial charge in [0.2, 0.25) is 5.91 Å². The molecule has 2 aliphatic rings. The molecule has 0 radical (unpaired) electrons. The second-order valence-corrected chi connectivity index (χ2v) is 11.0. The fourth-order valence-electron chi connectivity index (χ4n) is 4.88. The molecule has 4 rings (SSSR count). The summed E-state index contributed by atoms with van der Waals surface area (Å²) in [7, 11) is 2.07. The average molecular weight is 563 g/mol. The third-order valence-corrected chi connectivity index (χ3v) is 7.40. The van der Waals surface area contributed by atoms with Gasteiger partial charge >= 0.3 is 12.2 Å². The lowest BCUT2D eigenvalue weighted by Crippen LogP contribution is -2.47. The monoisotopic (exact) mass is 562 g/mol. The summed E-state index contributed by atoms with van der Waals surface area (Å²) in [5.41, 5.74) is 0.386. The molecular weight excluding hydrogens is 525 g/mol. The number of hydrogen-bond acceptors (Lipinski definition) is 5. The van der Waals surface area contributed by atoms with E-state index in [1.807, 2.05) is 13.8 Å². The van der Waals surface area contributed by atoms with Crippen molar-refractivity contribution in [2.75, 3.05) is 43.9 Å². The third-order valence-electron chi connectivity index (χ3n) is 7.40. The van der Waals surface area contributed by atoms with Gasteiger partial charge in [-0.3, -0.25) is 4.79 Å². The number of likely N-dealkylation sites (N-methyl/N-ethyl adjacent to an activating group) is 1. The molecule has 3 amide bonds. The minimum absolute atomic E-state index is 0.00198. The van der Waals surface area contributed by atoms with Crippen LogP contribution in [0.4, 0.5) is 29.3 Å². The van der Waals surface area contributed by atoms with E-state index in [-0.39, 0.29) is 42.7 Å². The molecule has 11 heteroatoms. The van der Waals surface area contributed by atoms with Crippen LogP contribution in [0.2, 0.25) is 0 Å². The van der Waals surface area contributed by atoms with Gasteiger partial charge in [0.1, 0.15) is 11.9 Å². The summed E-state index contributed by atoms with van der Waals surface area (Å²) in [6.07, 6.45) is -2.16. The highest BCUT2D eigenvalue weighted by Crippen LogP contribution is 2.32. The van der Waals surface area contributed by atoms with Crippen LogP contribution >= 0.6 is 0 Å². The Labute approximate surface area is 232 Å². The molecule has 0 saturated heterocycles. The van der Waals surface area contributed by atoms with Crippen LogP contribution in [0.1, 0.15) is 37.8 Å². The van der Waals surface area contributed by atoms with Crippen LogP contribution in [0.3, 0.4) is 0 Å². The van der Waals surface area contributed by atoms with E-state index in [4.69, 9.17) is 4.74 Å². The molecule has 8 nitrogen and oxygen atoms in total. The summed E-state index contributed by atoms with van der Waals surface area (Å²) < 4.78 is 44.9. The van der Waals surface area contributed by atoms with Crippen molar-refractivity contribution in [1.82, 2.24) is 9.80 Å². The van der Waals surface area contributed by atoms with E-state index < -0.39 is 17.8 Å². The Bertz CT molecular complexity index is 1190. The average Bonchev–Trinajstić information content (AvgIpc) is 3.70. The number of alkyl halides is 3. The van der Waals surface area contributed by atoms with E-state index in [0.29, 0.717) is 30.1 Å². The summed E-state index contributed by atoms with van der Waals surface area (Å²) in [6, 6.07) is 8.20. The minimum Gasteiger partial charge on any atom is -0.488 e. The number of carbonyl (C=O) groups is 2. The minimum atomic E-state index is -4.46. The van der Waals surface area contributed by atoms with Gasteiger partial charge in [-0.1, -0.05) is 6.92 Å². The van der Waals surface area contributed by atoms with E-state index in [1.165, 1.54) is 25.0 Å². The third kappa shape index (κ3) is 7.88. The van der Waals surface area contributed by atoms with Gasteiger partial charge in [-0.25, -0.2) is 4.79 Å². The van der Waals surface area contributed by atoms with Gasteiger partial charge in [0, 0.05) is 42.5 Å². The molecule has 0 bridgehead atoms. The number of carbonyl (C=O) groups excluding carboxylic acids is 2. The number of aliphatic hydroxyl groups is 1. The molecule has 3 atom stereocenters. The van der Waals surface area contributed by atoms with E-state index in [9.17, 15) is 27.9 Å². The summed E-state index contributed by atoms with van der Waals surface area (Å²) >= 11 is 0. The first-order chi connectivity index (χ1) is 18.9. The Morgan fingerprint density at radius 1 is 1.12 bits per heavy atom. The molecule has 1 saturated carbocycles. The van der Waals surface area contributed by atoms with Gasteiger partial charge in [-0.2, -0.15) is 13.2 Å². The van der Waals surface area contributed by atoms with E-state index in [0.717, 1.165) is 24.6 Å². The Morgan fingerprint density at radius 2 is 1.77 bits per heavy atom. The zero-order valence-electron chi connectivity index (χ0n) is 23.0. The van der Waals surface area contributed by atoms with Crippen LogP contribution in [0.5, 0.6) is 5.75 Å². The smallest absolute Gasteiger partial charge is 0.416 e. The number of benzene rings is 2. The van der Waals surface area contributed by atoms with Crippen LogP contribution in [0, 0.1) is 11.8 Å². The standard InChI is InChI=1S/C29H37F3N4O4/c1-18-14-36(19(2)17-37)27(38)13-21-12-24(10-11-25(21)40-26(18)16-35(3)15-20-4-5-20)34-28(39)33-23-8-6-22(7-9-23)29(30,31)32/h6-12,18-20,26,37H,4-5,13-17H2,1-3H3,(H2,33,34,39)/t18-,19+,26-/m0/s1. The van der Waals surface area contributed by atoms with Gasteiger partial charge < -0.3 is 30.3 Å². The molecular formula is C29H37F3N4O4. The number of ether oxygens (including phenoxy) is 1. The van der Waals surface area contributed by atoms with Gasteiger partial charge in [0.05, 0.1) is 24.6 Å². The lowest BCUT2D eigenvalue weighted by molar-refractivity contribution is -0.137. The molecule has 218 valence electrons. The zero-order valence-corrected chi connectivity index (χ0v) is 23.0. The number of halogens is 3. The summed E-state index contributed by atoms with van der Waals surface area (Å²) in [5.74, 6) is 1.12. The predicted octanol–water partition coefficient (Wildman–Crippen LogP) is 4.84. The Balaban J connectivity index is 1.52. The normalized spacial score (nSPS) is 20.6. The molecule has 3 N–H and O–H groups in total. The molecule has 0 aromatic heterocycles. The molecule has 1 aliphatic heterocycles. The number of urea groups is 1. The molecule has 1 heterocycles. The second kappa shape index (κ2) is 12.5. The van der Waals surface area contributed by atoms with Crippen LogP contribution in [-0.2, 0) is 17.4 Å². The maximum absolute atomic E-state index is 13.4. The van der Waals surface area contributed by atoms with Crippen LogP contribution in [0.25, 0.3) is 0 Å². The van der Waals surface area contributed by atoms with Gasteiger partial charge in [0.15, 0.2) is 0 Å². The lowest BCUT2D eigenvalue weighted by Gasteiger charge is -2.34. The number of nitrogens with one attached hydrogen (secondary N) is 2. The van der Waals surface area contributed by atoms with E-state index >= 15 is 0 Å². The molecule has 40 heavy (non-hydrogen) atoms. The van der Waals surface area contributed by atoms with Crippen LogP contribution in [0.15, 0.2) is 42.5 Å². The molecule has 0 unspecified atom stereocenters. The number of rotatable bonds is 8. The molecule has 2 aromatic rings. The van der Waals surface area contributed by atoms with Crippen molar-refractivity contribution >= 4 is 23.3 Å². The highest BCUT2D eigenvalue weighted by Gasteiger charge is 2.33. The number of amides is 3. The van der Waals surface area contributed by atoms with E-state index in [1.54, 1.807) is 23.1 Å². The van der Waals surface area contributed by atoms with Crippen molar-refractivity contribution in [3.63, 3.8) is 0 Å². The summed E-state index contributed by atoms with van der Waals surface area (Å²) in [4.78, 5) is 29.9. The number of aliphatic hydroxyl groups excluding tert-OH is 1. The highest BCUT2D eigenvalue weighted by atomic mass is 19.4. The first-order valence-corrected chi connectivity index (χ1v) is 13.6. The maximum Gasteiger partial charge on any atom is 0.416 e. The fourth-order valence-corrected chi connectivity index (χ4v) is 4.88. The highest BCUT2D eigenvalue weighted by molar-refractivity contribution is 6.00. The Hall–Kier alpha value is -3.31. The zero-order chi connectivity index (χ0) is 29.0. The van der Waals surface area contributed by atoms with Crippen LogP contribution in [-0.4, -0.2) is 72.3 Å². The van der Waals surface area contributed by atoms with Gasteiger partial charge in [-0.15, -0.1) is 0 Å². The molecule has 0 spiro atoms. The number of anilines is 2. The van der Waals surface area contributed by atoms with Crippen molar-refractivity contribution in [1.29, 1.82) is 0 Å². The Kier molecular flexibility index (Phi) is 9.25. The first kappa shape index (κ1) is 29.7. The number of hydrogen-bond donors (Lipinski definition) is 3. The van der Waals surface area contributed by atoms with Crippen molar-refractivity contribution in [2.45, 2.75) is 51.4 Å². The van der Waals surface area contributed by atoms with Gasteiger partial charge in [-0.05, 0) is 75.2 Å². The van der Waals surface area contributed by atoms with Crippen LogP contribution < -0.4 is 15.4 Å². The maximum atomic E-state index is 13.4. The second-order valence-electron chi connectivity index (χ2n) is 11.0. The Morgan fingerprint density at radius 3 is 2.40 bits per heavy atom. The van der Waals surface area contributed by atoms with Crippen molar-refractivity contribution < 1.29 is 32.6 Å². The van der Waals surface area contributed by atoms with E-state index in [2.05, 4.69) is 22.6 Å². The van der Waals surface area contributed by atoms with Crippen molar-refractivity contribution in [3.05, 3.63) is 53.6 Å².